The Kier molecular flexibility index (Phi) is 4.76. The van der Waals surface area contributed by atoms with Gasteiger partial charge in [-0.05, 0) is 31.8 Å². The van der Waals surface area contributed by atoms with E-state index in [-0.39, 0.29) is 6.04 Å². The van der Waals surface area contributed by atoms with Gasteiger partial charge < -0.3 is 11.1 Å². The third-order valence-corrected chi connectivity index (χ3v) is 2.72. The van der Waals surface area contributed by atoms with E-state index < -0.39 is 0 Å². The van der Waals surface area contributed by atoms with E-state index in [0.717, 1.165) is 18.6 Å². The highest BCUT2D eigenvalue weighted by atomic mass is 14.6. The summed E-state index contributed by atoms with van der Waals surface area (Å²) in [5, 5.41) is 7.90. The van der Waals surface area contributed by atoms with Crippen LogP contribution < -0.4 is 5.73 Å². The first kappa shape index (κ1) is 12.2. The molecule has 0 spiro atoms. The summed E-state index contributed by atoms with van der Waals surface area (Å²) in [4.78, 5) is 0. The minimum atomic E-state index is 0.0967. The van der Waals surface area contributed by atoms with Crippen molar-refractivity contribution in [3.8, 4) is 0 Å². The first-order valence-corrected chi connectivity index (χ1v) is 5.85. The Morgan fingerprint density at radius 1 is 1.47 bits per heavy atom. The van der Waals surface area contributed by atoms with Gasteiger partial charge in [0.15, 0.2) is 0 Å². The lowest BCUT2D eigenvalue weighted by atomic mass is 9.91. The summed E-state index contributed by atoms with van der Waals surface area (Å²) in [6, 6.07) is 0.0967. The molecule has 2 nitrogen and oxygen atoms in total. The van der Waals surface area contributed by atoms with Crippen LogP contribution in [0.5, 0.6) is 0 Å². The largest absolute Gasteiger partial charge is 0.328 e. The average molecular weight is 206 g/mol. The molecule has 1 unspecified atom stereocenters. The van der Waals surface area contributed by atoms with Crippen molar-refractivity contribution in [1.82, 2.24) is 0 Å². The molecule has 1 aliphatic carbocycles. The van der Waals surface area contributed by atoms with E-state index in [1.807, 2.05) is 6.92 Å². The van der Waals surface area contributed by atoms with Gasteiger partial charge in [-0.1, -0.05) is 31.1 Å². The zero-order valence-corrected chi connectivity index (χ0v) is 9.84. The summed E-state index contributed by atoms with van der Waals surface area (Å²) in [6.45, 7) is 4.16. The monoisotopic (exact) mass is 206 g/mol. The van der Waals surface area contributed by atoms with E-state index in [9.17, 15) is 0 Å². The van der Waals surface area contributed by atoms with Gasteiger partial charge in [-0.2, -0.15) is 0 Å². The molecular formula is C13H22N2. The summed E-state index contributed by atoms with van der Waals surface area (Å²) in [7, 11) is 0. The molecule has 0 aromatic heterocycles. The highest BCUT2D eigenvalue weighted by molar-refractivity contribution is 5.98. The predicted molar refractivity (Wildman–Crippen MR) is 66.3 cm³/mol. The number of hydrogen-bond acceptors (Lipinski definition) is 2. The fourth-order valence-electron chi connectivity index (χ4n) is 1.91. The van der Waals surface area contributed by atoms with Crippen molar-refractivity contribution in [3.63, 3.8) is 0 Å². The predicted octanol–water partition coefficient (Wildman–Crippen LogP) is 3.19. The molecule has 0 aliphatic heterocycles. The van der Waals surface area contributed by atoms with Crippen molar-refractivity contribution in [2.45, 2.75) is 52.0 Å². The molecule has 0 heterocycles. The van der Waals surface area contributed by atoms with Crippen molar-refractivity contribution in [2.24, 2.45) is 5.73 Å². The van der Waals surface area contributed by atoms with E-state index in [0.29, 0.717) is 6.42 Å². The smallest absolute Gasteiger partial charge is 0.0361 e. The molecule has 0 radical (unpaired) electrons. The van der Waals surface area contributed by atoms with Gasteiger partial charge in [0, 0.05) is 18.2 Å². The number of hydrogen-bond donors (Lipinski definition) is 2. The lowest BCUT2D eigenvalue weighted by molar-refractivity contribution is 0.766. The molecule has 0 saturated heterocycles. The molecule has 15 heavy (non-hydrogen) atoms. The van der Waals surface area contributed by atoms with Gasteiger partial charge in [0.2, 0.25) is 0 Å². The second-order valence-corrected chi connectivity index (χ2v) is 4.43. The summed E-state index contributed by atoms with van der Waals surface area (Å²) in [5.74, 6) is 0. The van der Waals surface area contributed by atoms with Crippen LogP contribution in [-0.2, 0) is 0 Å². The maximum atomic E-state index is 7.90. The van der Waals surface area contributed by atoms with Crippen molar-refractivity contribution in [1.29, 1.82) is 5.41 Å². The van der Waals surface area contributed by atoms with Crippen LogP contribution in [0.3, 0.4) is 0 Å². The Hall–Kier alpha value is -0.890. The molecule has 0 fully saturated rings. The molecule has 0 amide bonds. The van der Waals surface area contributed by atoms with Gasteiger partial charge in [0.05, 0.1) is 0 Å². The van der Waals surface area contributed by atoms with Crippen molar-refractivity contribution >= 4 is 5.71 Å². The second kappa shape index (κ2) is 5.86. The van der Waals surface area contributed by atoms with Gasteiger partial charge in [0.25, 0.3) is 0 Å². The van der Waals surface area contributed by atoms with E-state index in [4.69, 9.17) is 11.1 Å². The summed E-state index contributed by atoms with van der Waals surface area (Å²) in [5.41, 5.74) is 9.11. The molecule has 0 aromatic carbocycles. The summed E-state index contributed by atoms with van der Waals surface area (Å²) >= 11 is 0. The zero-order valence-electron chi connectivity index (χ0n) is 9.84. The molecular weight excluding hydrogens is 184 g/mol. The van der Waals surface area contributed by atoms with Crippen LogP contribution in [-0.4, -0.2) is 11.8 Å². The van der Waals surface area contributed by atoms with E-state index >= 15 is 0 Å². The fourth-order valence-corrected chi connectivity index (χ4v) is 1.91. The van der Waals surface area contributed by atoms with Gasteiger partial charge in [-0.25, -0.2) is 0 Å². The zero-order chi connectivity index (χ0) is 11.3. The Labute approximate surface area is 92.8 Å². The van der Waals surface area contributed by atoms with Gasteiger partial charge in [-0.15, -0.1) is 0 Å². The molecule has 2 heteroatoms. The number of nitrogens with one attached hydrogen (secondary N) is 1. The lowest BCUT2D eigenvalue weighted by Gasteiger charge is -2.16. The minimum absolute atomic E-state index is 0.0967. The van der Waals surface area contributed by atoms with Crippen LogP contribution in [0.1, 0.15) is 46.0 Å². The Balaban J connectivity index is 2.55. The fraction of sp³-hybridized carbons (Fsp3) is 0.615. The van der Waals surface area contributed by atoms with Gasteiger partial charge >= 0.3 is 0 Å². The highest BCUT2D eigenvalue weighted by Crippen LogP contribution is 2.23. The summed E-state index contributed by atoms with van der Waals surface area (Å²) in [6.07, 6.45) is 9.56. The molecule has 0 bridgehead atoms. The molecule has 0 saturated carbocycles. The first-order valence-electron chi connectivity index (χ1n) is 5.85. The van der Waals surface area contributed by atoms with E-state index in [1.165, 1.54) is 24.0 Å². The average Bonchev–Trinajstić information content (AvgIpc) is 2.18. The van der Waals surface area contributed by atoms with Crippen LogP contribution in [0, 0.1) is 5.41 Å². The quantitative estimate of drug-likeness (QED) is 0.667. The van der Waals surface area contributed by atoms with Crippen LogP contribution in [0.15, 0.2) is 23.3 Å². The van der Waals surface area contributed by atoms with Crippen LogP contribution >= 0.6 is 0 Å². The third-order valence-electron chi connectivity index (χ3n) is 2.72. The standard InChI is InChI=1S/C13H22N2/c1-3-4-11-5-7-12(8-6-11)13(15)9-10(2)14/h5,7,10,15H,3-4,6,8-9,14H2,1-2H3. The third kappa shape index (κ3) is 4.00. The Morgan fingerprint density at radius 2 is 2.20 bits per heavy atom. The topological polar surface area (TPSA) is 49.9 Å². The first-order chi connectivity index (χ1) is 7.13. The SMILES string of the molecule is CCCC1=CC=C(C(=N)CC(C)N)CC1. The van der Waals surface area contributed by atoms with Crippen LogP contribution in [0.2, 0.25) is 0 Å². The van der Waals surface area contributed by atoms with Gasteiger partial charge in [-0.3, -0.25) is 0 Å². The number of allylic oxidation sites excluding steroid dienone is 4. The summed E-state index contributed by atoms with van der Waals surface area (Å²) < 4.78 is 0. The molecule has 3 N–H and O–H groups in total. The number of rotatable bonds is 5. The van der Waals surface area contributed by atoms with Crippen LogP contribution in [0.4, 0.5) is 0 Å². The minimum Gasteiger partial charge on any atom is -0.328 e. The normalized spacial score (nSPS) is 18.1. The molecule has 1 rings (SSSR count). The van der Waals surface area contributed by atoms with E-state index in [1.54, 1.807) is 0 Å². The van der Waals surface area contributed by atoms with Crippen molar-refractivity contribution < 1.29 is 0 Å². The number of nitrogens with two attached hydrogens (primary N) is 1. The highest BCUT2D eigenvalue weighted by Gasteiger charge is 2.11. The van der Waals surface area contributed by atoms with Crippen molar-refractivity contribution in [3.05, 3.63) is 23.3 Å². The van der Waals surface area contributed by atoms with Crippen molar-refractivity contribution in [2.75, 3.05) is 0 Å². The molecule has 1 atom stereocenters. The maximum absolute atomic E-state index is 7.90. The van der Waals surface area contributed by atoms with Gasteiger partial charge in [0.1, 0.15) is 0 Å². The molecule has 0 aromatic rings. The lowest BCUT2D eigenvalue weighted by Crippen LogP contribution is -2.20. The second-order valence-electron chi connectivity index (χ2n) is 4.43. The van der Waals surface area contributed by atoms with Crippen LogP contribution in [0.25, 0.3) is 0 Å². The molecule has 1 aliphatic rings. The van der Waals surface area contributed by atoms with E-state index in [2.05, 4.69) is 19.1 Å². The molecule has 84 valence electrons. The Bertz CT molecular complexity index is 285. The Morgan fingerprint density at radius 3 is 2.67 bits per heavy atom. The maximum Gasteiger partial charge on any atom is 0.0361 e.